The molecule has 1 radical (unpaired) electrons. The van der Waals surface area contributed by atoms with Crippen LogP contribution < -0.4 is 9.47 Å². The molecule has 91 valence electrons. The van der Waals surface area contributed by atoms with Crippen LogP contribution in [0.2, 0.25) is 0 Å². The van der Waals surface area contributed by atoms with E-state index in [0.29, 0.717) is 0 Å². The molecule has 1 aromatic carbocycles. The molecule has 17 heavy (non-hydrogen) atoms. The minimum atomic E-state index is -0.484. The third kappa shape index (κ3) is 4.19. The minimum absolute atomic E-state index is 0.141. The molecule has 0 unspecified atom stereocenters. The minimum Gasteiger partial charge on any atom is -0.422 e. The Labute approximate surface area is 139 Å². The Kier molecular flexibility index (Phi) is 5.89. The van der Waals surface area contributed by atoms with Gasteiger partial charge in [0.2, 0.25) is 0 Å². The van der Waals surface area contributed by atoms with E-state index in [-0.39, 0.29) is 11.5 Å². The second-order valence-electron chi connectivity index (χ2n) is 2.91. The van der Waals surface area contributed by atoms with E-state index in [2.05, 4.69) is 51.2 Å². The summed E-state index contributed by atoms with van der Waals surface area (Å²) in [5.41, 5.74) is 0. The third-order valence-corrected chi connectivity index (χ3v) is 6.49. The fourth-order valence-corrected chi connectivity index (χ4v) is 2.99. The van der Waals surface area contributed by atoms with E-state index >= 15 is 0 Å². The van der Waals surface area contributed by atoms with Gasteiger partial charge in [0, 0.05) is 27.1 Å². The Bertz CT molecular complexity index is 485. The molecule has 0 spiro atoms. The zero-order chi connectivity index (χ0) is 13.2. The quantitative estimate of drug-likeness (QED) is 0.237. The molecule has 0 aliphatic heterocycles. The van der Waals surface area contributed by atoms with E-state index in [9.17, 15) is 9.59 Å². The summed E-state index contributed by atoms with van der Waals surface area (Å²) in [6, 6.07) is 2.88. The average molecular weight is 571 g/mol. The Morgan fingerprint density at radius 2 is 1.53 bits per heavy atom. The van der Waals surface area contributed by atoms with Crippen molar-refractivity contribution in [3.8, 4) is 11.5 Å². The van der Waals surface area contributed by atoms with Crippen LogP contribution in [0.5, 0.6) is 11.5 Å². The van der Waals surface area contributed by atoms with E-state index in [0.717, 1.165) is 10.7 Å². The number of benzene rings is 1. The van der Waals surface area contributed by atoms with Crippen LogP contribution in [0.15, 0.2) is 0 Å². The number of hydrogen-bond acceptors (Lipinski definition) is 4. The van der Waals surface area contributed by atoms with Crippen LogP contribution in [0.25, 0.3) is 0 Å². The van der Waals surface area contributed by atoms with Crippen LogP contribution in [0.4, 0.5) is 0 Å². The maximum Gasteiger partial charge on any atom is 0.308 e. The number of carbonyl (C=O) groups excluding carboxylic acids is 2. The topological polar surface area (TPSA) is 52.6 Å². The highest BCUT2D eigenvalue weighted by Gasteiger charge is 2.19. The predicted octanol–water partition coefficient (Wildman–Crippen LogP) is 3.15. The number of carbonyl (C=O) groups is 2. The van der Waals surface area contributed by atoms with Gasteiger partial charge >= 0.3 is 11.9 Å². The second kappa shape index (κ2) is 6.50. The summed E-state index contributed by atoms with van der Waals surface area (Å²) >= 11 is 6.22. The van der Waals surface area contributed by atoms with Gasteiger partial charge in [-0.15, -0.1) is 0 Å². The van der Waals surface area contributed by atoms with Crippen molar-refractivity contribution in [2.24, 2.45) is 0 Å². The summed E-state index contributed by atoms with van der Waals surface area (Å²) in [6.07, 6.45) is 0. The Morgan fingerprint density at radius 3 is 2.00 bits per heavy atom. The second-order valence-corrected chi connectivity index (χ2v) is 6.15. The molecule has 0 fully saturated rings. The molecule has 1 aromatic rings. The van der Waals surface area contributed by atoms with Crippen molar-refractivity contribution in [2.75, 3.05) is 0 Å². The van der Waals surface area contributed by atoms with Crippen LogP contribution >= 0.6 is 67.8 Å². The van der Waals surface area contributed by atoms with Gasteiger partial charge in [-0.1, -0.05) is 0 Å². The van der Waals surface area contributed by atoms with Crippen LogP contribution in [-0.4, -0.2) is 11.9 Å². The van der Waals surface area contributed by atoms with E-state index in [4.69, 9.17) is 9.47 Å². The smallest absolute Gasteiger partial charge is 0.308 e. The van der Waals surface area contributed by atoms with E-state index in [1.807, 2.05) is 22.6 Å². The highest BCUT2D eigenvalue weighted by molar-refractivity contribution is 14.1. The molecular weight excluding hydrogens is 565 g/mol. The van der Waals surface area contributed by atoms with Gasteiger partial charge in [0.05, 0.1) is 3.57 Å². The Morgan fingerprint density at radius 1 is 1.00 bits per heavy atom. The molecule has 0 saturated heterocycles. The lowest BCUT2D eigenvalue weighted by Crippen LogP contribution is -2.10. The van der Waals surface area contributed by atoms with Gasteiger partial charge in [-0.2, -0.15) is 0 Å². The van der Waals surface area contributed by atoms with Crippen molar-refractivity contribution in [1.82, 2.24) is 0 Å². The molecule has 1 rings (SSSR count). The lowest BCUT2D eigenvalue weighted by atomic mass is 10.3. The summed E-state index contributed by atoms with van der Waals surface area (Å²) in [5.74, 6) is -0.579. The zero-order valence-electron chi connectivity index (χ0n) is 8.77. The van der Waals surface area contributed by atoms with Crippen LogP contribution in [-0.2, 0) is 9.59 Å². The van der Waals surface area contributed by atoms with E-state index < -0.39 is 11.9 Å². The zero-order valence-corrected chi connectivity index (χ0v) is 15.2. The molecule has 4 nitrogen and oxygen atoms in total. The van der Waals surface area contributed by atoms with Crippen LogP contribution in [0.3, 0.4) is 0 Å². The van der Waals surface area contributed by atoms with Gasteiger partial charge in [-0.3, -0.25) is 9.59 Å². The van der Waals surface area contributed by atoms with Crippen molar-refractivity contribution in [2.45, 2.75) is 13.8 Å². The van der Waals surface area contributed by atoms with Crippen molar-refractivity contribution < 1.29 is 19.1 Å². The van der Waals surface area contributed by atoms with Gasteiger partial charge in [0.15, 0.2) is 11.5 Å². The van der Waals surface area contributed by atoms with Crippen LogP contribution in [0, 0.1) is 16.8 Å². The first-order valence-corrected chi connectivity index (χ1v) is 7.53. The molecule has 0 aliphatic rings. The first-order valence-electron chi connectivity index (χ1n) is 4.29. The molecule has 0 aromatic heterocycles. The molecule has 0 amide bonds. The largest absolute Gasteiger partial charge is 0.422 e. The van der Waals surface area contributed by atoms with Crippen molar-refractivity contribution in [3.05, 3.63) is 16.8 Å². The molecule has 7 heteroatoms. The van der Waals surface area contributed by atoms with Gasteiger partial charge in [-0.25, -0.2) is 0 Å². The monoisotopic (exact) mass is 571 g/mol. The number of halogens is 3. The van der Waals surface area contributed by atoms with Crippen LogP contribution in [0.1, 0.15) is 13.8 Å². The summed E-state index contributed by atoms with van der Waals surface area (Å²) < 4.78 is 12.5. The molecule has 0 atom stereocenters. The molecule has 0 bridgehead atoms. The van der Waals surface area contributed by atoms with Gasteiger partial charge in [0.25, 0.3) is 0 Å². The molecular formula is C10H6I3O4. The molecule has 0 saturated carbocycles. The van der Waals surface area contributed by atoms with Gasteiger partial charge < -0.3 is 9.47 Å². The van der Waals surface area contributed by atoms with Crippen molar-refractivity contribution in [1.29, 1.82) is 0 Å². The van der Waals surface area contributed by atoms with E-state index in [1.165, 1.54) is 13.8 Å². The van der Waals surface area contributed by atoms with E-state index in [1.54, 1.807) is 0 Å². The number of esters is 2. The first-order chi connectivity index (χ1) is 7.82. The fraction of sp³-hybridized carbons (Fsp3) is 0.200. The molecule has 0 N–H and O–H groups in total. The number of hydrogen-bond donors (Lipinski definition) is 0. The maximum absolute atomic E-state index is 11.0. The average Bonchev–Trinajstić information content (AvgIpc) is 2.20. The van der Waals surface area contributed by atoms with Crippen molar-refractivity contribution in [3.63, 3.8) is 0 Å². The maximum atomic E-state index is 11.0. The Hall–Kier alpha value is 0.350. The molecule has 0 heterocycles. The number of rotatable bonds is 2. The van der Waals surface area contributed by atoms with Crippen molar-refractivity contribution >= 4 is 79.7 Å². The van der Waals surface area contributed by atoms with Gasteiger partial charge in [-0.05, 0) is 67.8 Å². The summed E-state index contributed by atoms with van der Waals surface area (Å²) in [5, 5.41) is 0. The Balaban J connectivity index is 3.34. The lowest BCUT2D eigenvalue weighted by molar-refractivity contribution is -0.134. The first kappa shape index (κ1) is 15.4. The fourth-order valence-electron chi connectivity index (χ4n) is 0.957. The SMILES string of the molecule is CC(=O)Oc1[c]c(I)c(I)c(I)c1OC(C)=O. The lowest BCUT2D eigenvalue weighted by Gasteiger charge is -2.12. The molecule has 0 aliphatic carbocycles. The number of ether oxygens (including phenoxy) is 2. The summed E-state index contributed by atoms with van der Waals surface area (Å²) in [4.78, 5) is 22.0. The predicted molar refractivity (Wildman–Crippen MR) is 86.0 cm³/mol. The third-order valence-electron chi connectivity index (χ3n) is 1.51. The highest BCUT2D eigenvalue weighted by atomic mass is 127. The highest BCUT2D eigenvalue weighted by Crippen LogP contribution is 2.38. The summed E-state index contributed by atoms with van der Waals surface area (Å²) in [6.45, 7) is 2.57. The van der Waals surface area contributed by atoms with Gasteiger partial charge in [0.1, 0.15) is 0 Å². The standard InChI is InChI=1S/C10H6I3O4/c1-4(14)16-7-3-6(11)8(12)9(13)10(7)17-5(2)15/h1-2H3. The normalized spacial score (nSPS) is 9.94. The summed E-state index contributed by atoms with van der Waals surface area (Å²) in [7, 11) is 0.